The topological polar surface area (TPSA) is 90.2 Å². The van der Waals surface area contributed by atoms with E-state index >= 15 is 0 Å². The van der Waals surface area contributed by atoms with E-state index in [9.17, 15) is 19.1 Å². The lowest BCUT2D eigenvalue weighted by Gasteiger charge is -2.07. The monoisotopic (exact) mass is 338 g/mol. The van der Waals surface area contributed by atoms with E-state index in [1.54, 1.807) is 13.0 Å². The van der Waals surface area contributed by atoms with Gasteiger partial charge in [0.1, 0.15) is 17.6 Å². The quantitative estimate of drug-likeness (QED) is 0.376. The number of ketones is 1. The summed E-state index contributed by atoms with van der Waals surface area (Å²) in [6.07, 6.45) is 0.168. The maximum Gasteiger partial charge on any atom is 0.269 e. The van der Waals surface area contributed by atoms with Crippen LogP contribution in [-0.4, -0.2) is 16.8 Å². The molecule has 2 rings (SSSR count). The van der Waals surface area contributed by atoms with Crippen LogP contribution in [0.5, 0.6) is 0 Å². The van der Waals surface area contributed by atoms with Crippen LogP contribution in [0.25, 0.3) is 0 Å². The van der Waals surface area contributed by atoms with Crippen molar-refractivity contribution < 1.29 is 19.1 Å². The van der Waals surface area contributed by atoms with Crippen molar-refractivity contribution >= 4 is 17.4 Å². The highest BCUT2D eigenvalue weighted by molar-refractivity contribution is 6.10. The van der Waals surface area contributed by atoms with Gasteiger partial charge in [0.2, 0.25) is 0 Å². The third kappa shape index (κ3) is 4.30. The van der Waals surface area contributed by atoms with E-state index in [0.717, 1.165) is 0 Å². The number of amides is 1. The third-order valence-corrected chi connectivity index (χ3v) is 3.47. The zero-order chi connectivity index (χ0) is 18.4. The van der Waals surface area contributed by atoms with E-state index in [2.05, 4.69) is 5.32 Å². The second kappa shape index (κ2) is 7.88. The highest BCUT2D eigenvalue weighted by Gasteiger charge is 2.15. The fourth-order valence-electron chi connectivity index (χ4n) is 2.09. The molecule has 0 saturated heterocycles. The van der Waals surface area contributed by atoms with Crippen LogP contribution in [0.2, 0.25) is 0 Å². The fraction of sp³-hybridized carbons (Fsp3) is 0.105. The first-order valence-electron chi connectivity index (χ1n) is 7.50. The number of nitrogens with zero attached hydrogens (tertiary/aromatic N) is 1. The Morgan fingerprint density at radius 2 is 1.60 bits per heavy atom. The third-order valence-electron chi connectivity index (χ3n) is 3.47. The van der Waals surface area contributed by atoms with Crippen molar-refractivity contribution in [3.63, 3.8) is 0 Å². The summed E-state index contributed by atoms with van der Waals surface area (Å²) < 4.78 is 12.9. The molecule has 2 aromatic carbocycles. The number of halogens is 1. The van der Waals surface area contributed by atoms with Crippen LogP contribution in [-0.2, 0) is 4.79 Å². The number of rotatable bonds is 5. The molecule has 6 heteroatoms. The van der Waals surface area contributed by atoms with E-state index in [4.69, 9.17) is 5.26 Å². The van der Waals surface area contributed by atoms with Crippen molar-refractivity contribution in [3.8, 4) is 6.07 Å². The van der Waals surface area contributed by atoms with Crippen molar-refractivity contribution in [2.24, 2.45) is 0 Å². The lowest BCUT2D eigenvalue weighted by molar-refractivity contribution is -0.112. The first kappa shape index (κ1) is 17.9. The van der Waals surface area contributed by atoms with E-state index in [-0.39, 0.29) is 23.5 Å². The van der Waals surface area contributed by atoms with Crippen molar-refractivity contribution in [1.29, 1.82) is 5.26 Å². The standard InChI is InChI=1S/C19H15FN2O3/c1-2-17(23)16(11-21)19(25)22-15-9-5-13(6-10-15)18(24)12-3-7-14(20)8-4-12/h3-10,23H,2H2,1H3,(H,22,25). The SMILES string of the molecule is CCC(O)=C(C#N)C(=O)Nc1ccc(C(=O)c2ccc(F)cc2)cc1. The minimum Gasteiger partial charge on any atom is -0.511 e. The average Bonchev–Trinajstić information content (AvgIpc) is 2.62. The number of carbonyl (C=O) groups is 2. The van der Waals surface area contributed by atoms with Crippen LogP contribution in [0.1, 0.15) is 29.3 Å². The lowest BCUT2D eigenvalue weighted by Crippen LogP contribution is -2.15. The van der Waals surface area contributed by atoms with Gasteiger partial charge in [0.05, 0.1) is 0 Å². The molecule has 0 atom stereocenters. The van der Waals surface area contributed by atoms with Gasteiger partial charge in [-0.3, -0.25) is 9.59 Å². The number of benzene rings is 2. The first-order chi connectivity index (χ1) is 12.0. The predicted molar refractivity (Wildman–Crippen MR) is 90.5 cm³/mol. The Labute approximate surface area is 144 Å². The molecule has 1 amide bonds. The highest BCUT2D eigenvalue weighted by Crippen LogP contribution is 2.16. The molecule has 0 unspecified atom stereocenters. The average molecular weight is 338 g/mol. The molecule has 25 heavy (non-hydrogen) atoms. The molecule has 126 valence electrons. The lowest BCUT2D eigenvalue weighted by atomic mass is 10.0. The van der Waals surface area contributed by atoms with Crippen molar-refractivity contribution in [3.05, 3.63) is 76.8 Å². The van der Waals surface area contributed by atoms with E-state index < -0.39 is 11.7 Å². The van der Waals surface area contributed by atoms with E-state index in [1.165, 1.54) is 48.5 Å². The van der Waals surface area contributed by atoms with Crippen molar-refractivity contribution in [2.45, 2.75) is 13.3 Å². The number of allylic oxidation sites excluding steroid dienone is 1. The predicted octanol–water partition coefficient (Wildman–Crippen LogP) is 3.74. The molecule has 0 fully saturated rings. The number of carbonyl (C=O) groups excluding carboxylic acids is 2. The van der Waals surface area contributed by atoms with Gasteiger partial charge in [-0.1, -0.05) is 6.92 Å². The van der Waals surface area contributed by atoms with Gasteiger partial charge in [-0.2, -0.15) is 5.26 Å². The van der Waals surface area contributed by atoms with Gasteiger partial charge in [0.15, 0.2) is 11.4 Å². The van der Waals surface area contributed by atoms with Gasteiger partial charge in [-0.25, -0.2) is 4.39 Å². The number of aliphatic hydroxyl groups is 1. The highest BCUT2D eigenvalue weighted by atomic mass is 19.1. The molecule has 2 N–H and O–H groups in total. The summed E-state index contributed by atoms with van der Waals surface area (Å²) in [6, 6.07) is 12.9. The molecule has 0 saturated carbocycles. The summed E-state index contributed by atoms with van der Waals surface area (Å²) in [4.78, 5) is 24.2. The molecule has 0 aliphatic carbocycles. The van der Waals surface area contributed by atoms with Crippen LogP contribution in [0, 0.1) is 17.1 Å². The molecular weight excluding hydrogens is 323 g/mol. The largest absolute Gasteiger partial charge is 0.511 e. The number of nitrogens with one attached hydrogen (secondary N) is 1. The molecule has 0 spiro atoms. The minimum absolute atomic E-state index is 0.168. The number of aliphatic hydroxyl groups excluding tert-OH is 1. The van der Waals surface area contributed by atoms with Crippen LogP contribution in [0.3, 0.4) is 0 Å². The molecule has 0 aromatic heterocycles. The van der Waals surface area contributed by atoms with Gasteiger partial charge >= 0.3 is 0 Å². The molecule has 0 aliphatic rings. The molecule has 0 heterocycles. The second-order valence-electron chi connectivity index (χ2n) is 5.15. The Bertz CT molecular complexity index is 863. The van der Waals surface area contributed by atoms with Crippen LogP contribution < -0.4 is 5.32 Å². The van der Waals surface area contributed by atoms with Crippen molar-refractivity contribution in [2.75, 3.05) is 5.32 Å². The van der Waals surface area contributed by atoms with Crippen LogP contribution in [0.15, 0.2) is 59.9 Å². The molecule has 2 aromatic rings. The summed E-state index contributed by atoms with van der Waals surface area (Å²) in [5.41, 5.74) is 0.740. The van der Waals surface area contributed by atoms with Gasteiger partial charge in [0, 0.05) is 23.2 Å². The Morgan fingerprint density at radius 1 is 1.08 bits per heavy atom. The van der Waals surface area contributed by atoms with Gasteiger partial charge < -0.3 is 10.4 Å². The van der Waals surface area contributed by atoms with Gasteiger partial charge in [0.25, 0.3) is 5.91 Å². The smallest absolute Gasteiger partial charge is 0.269 e. The summed E-state index contributed by atoms with van der Waals surface area (Å²) in [5.74, 6) is -1.71. The number of anilines is 1. The zero-order valence-corrected chi connectivity index (χ0v) is 13.4. The van der Waals surface area contributed by atoms with E-state index in [0.29, 0.717) is 16.8 Å². The molecule has 0 bridgehead atoms. The Balaban J connectivity index is 2.15. The Kier molecular flexibility index (Phi) is 5.64. The fourth-order valence-corrected chi connectivity index (χ4v) is 2.09. The number of hydrogen-bond donors (Lipinski definition) is 2. The molecule has 0 radical (unpaired) electrons. The minimum atomic E-state index is -0.723. The first-order valence-corrected chi connectivity index (χ1v) is 7.50. The van der Waals surface area contributed by atoms with Crippen LogP contribution in [0.4, 0.5) is 10.1 Å². The Hall–Kier alpha value is -3.46. The number of hydrogen-bond acceptors (Lipinski definition) is 4. The summed E-state index contributed by atoms with van der Waals surface area (Å²) in [7, 11) is 0. The zero-order valence-electron chi connectivity index (χ0n) is 13.4. The normalized spacial score (nSPS) is 11.2. The second-order valence-corrected chi connectivity index (χ2v) is 5.15. The maximum atomic E-state index is 12.9. The number of nitriles is 1. The van der Waals surface area contributed by atoms with Gasteiger partial charge in [-0.15, -0.1) is 0 Å². The molecule has 0 aliphatic heterocycles. The summed E-state index contributed by atoms with van der Waals surface area (Å²) in [5, 5.41) is 21.0. The van der Waals surface area contributed by atoms with Gasteiger partial charge in [-0.05, 0) is 48.5 Å². The molecule has 5 nitrogen and oxygen atoms in total. The van der Waals surface area contributed by atoms with Crippen LogP contribution >= 0.6 is 0 Å². The Morgan fingerprint density at radius 3 is 2.08 bits per heavy atom. The maximum absolute atomic E-state index is 12.9. The summed E-state index contributed by atoms with van der Waals surface area (Å²) >= 11 is 0. The molecular formula is C19H15FN2O3. The summed E-state index contributed by atoms with van der Waals surface area (Å²) in [6.45, 7) is 1.62. The van der Waals surface area contributed by atoms with Crippen molar-refractivity contribution in [1.82, 2.24) is 0 Å². The van der Waals surface area contributed by atoms with E-state index in [1.807, 2.05) is 0 Å².